The van der Waals surface area contributed by atoms with Crippen molar-refractivity contribution >= 4 is 63.1 Å². The van der Waals surface area contributed by atoms with Crippen molar-refractivity contribution in [2.75, 3.05) is 0 Å². The number of hydrogen-bond donors (Lipinski definition) is 5. The molecule has 680 valence electrons. The second-order valence-corrected chi connectivity index (χ2v) is 43.2. The van der Waals surface area contributed by atoms with E-state index in [0.29, 0.717) is 0 Å². The maximum absolute atomic E-state index is 4.41. The largest absolute Gasteiger partial charge is 0.269 e. The Bertz CT molecular complexity index is 2790. The lowest BCUT2D eigenvalue weighted by molar-refractivity contribution is 0.156. The van der Waals surface area contributed by atoms with Crippen molar-refractivity contribution in [1.82, 2.24) is 0 Å². The molecule has 0 saturated heterocycles. The van der Waals surface area contributed by atoms with Gasteiger partial charge in [-0.3, -0.25) is 23.5 Å². The van der Waals surface area contributed by atoms with Crippen LogP contribution in [0.15, 0.2) is 146 Å². The van der Waals surface area contributed by atoms with Gasteiger partial charge < -0.3 is 0 Å². The molecule has 0 spiro atoms. The lowest BCUT2D eigenvalue weighted by Crippen LogP contribution is -2.25. The smallest absolute Gasteiger partial charge is 0.00401 e. The summed E-state index contributed by atoms with van der Waals surface area (Å²) in [6.07, 6.45) is 80.9. The summed E-state index contributed by atoms with van der Waals surface area (Å²) in [6, 6.07) is 44.5. The van der Waals surface area contributed by atoms with Crippen molar-refractivity contribution in [3.63, 3.8) is 0 Å². The van der Waals surface area contributed by atoms with E-state index in [-0.39, 0.29) is 23.5 Å². The predicted octanol–water partition coefficient (Wildman–Crippen LogP) is 37.0. The van der Waals surface area contributed by atoms with Crippen LogP contribution < -0.4 is 0 Å². The number of benzene rings is 5. The Morgan fingerprint density at radius 2 is 0.275 bits per heavy atom. The molecule has 15 rings (SSSR count). The first-order valence-corrected chi connectivity index (χ1v) is 52.5. The van der Waals surface area contributed by atoms with Gasteiger partial charge in [0.1, 0.15) is 0 Å². The Labute approximate surface area is 760 Å². The van der Waals surface area contributed by atoms with Crippen LogP contribution in [0.5, 0.6) is 0 Å². The third-order valence-electron chi connectivity index (χ3n) is 33.3. The zero-order valence-corrected chi connectivity index (χ0v) is 80.7. The minimum atomic E-state index is 0. The molecule has 0 atom stereocenters. The summed E-state index contributed by atoms with van der Waals surface area (Å²) in [6.45, 7) is 11.6. The van der Waals surface area contributed by atoms with Gasteiger partial charge in [-0.05, 0) is 399 Å². The Balaban J connectivity index is 0.000000230. The molecular formula is C110H175F5S5. The molecule has 0 aromatic heterocycles. The molecule has 10 fully saturated rings. The monoisotopic (exact) mass is 1750 g/mol. The molecule has 0 heterocycles. The van der Waals surface area contributed by atoms with E-state index in [2.05, 4.69) is 219 Å². The van der Waals surface area contributed by atoms with Crippen molar-refractivity contribution < 1.29 is 23.5 Å². The van der Waals surface area contributed by atoms with Gasteiger partial charge in [-0.25, -0.2) is 0 Å². The van der Waals surface area contributed by atoms with Crippen LogP contribution in [0, 0.1) is 88.8 Å². The quantitative estimate of drug-likeness (QED) is 0.0279. The molecule has 5 aromatic carbocycles. The van der Waals surface area contributed by atoms with E-state index in [0.717, 1.165) is 143 Å². The number of unbranched alkanes of at least 4 members (excludes halogenated alkanes) is 5. The normalized spacial score (nSPS) is 30.6. The predicted molar refractivity (Wildman–Crippen MR) is 529 cm³/mol. The zero-order valence-electron chi connectivity index (χ0n) is 76.3. The summed E-state index contributed by atoms with van der Waals surface area (Å²) in [7, 11) is 0. The van der Waals surface area contributed by atoms with Gasteiger partial charge in [0.15, 0.2) is 0 Å². The first-order valence-electron chi connectivity index (χ1n) is 50.2. The fourth-order valence-electron chi connectivity index (χ4n) is 25.6. The first kappa shape index (κ1) is 106. The van der Waals surface area contributed by atoms with E-state index in [1.165, 1.54) is 353 Å². The topological polar surface area (TPSA) is 0 Å². The second-order valence-electron chi connectivity index (χ2n) is 40.6. The van der Waals surface area contributed by atoms with Crippen molar-refractivity contribution in [1.29, 1.82) is 0 Å². The van der Waals surface area contributed by atoms with Crippen LogP contribution in [0.25, 0.3) is 0 Å². The van der Waals surface area contributed by atoms with Gasteiger partial charge >= 0.3 is 0 Å². The standard InChI is InChI=1S/5C22H34S.5FH/c5*1-2-3-4-17-5-7-18(8-6-17)19-9-11-20(12-10-19)21-13-15-22(23)16-14-21;;;;;/h5*13-20,23H,2-12H2,1H3;5*1H. The Morgan fingerprint density at radius 3 is 0.383 bits per heavy atom. The van der Waals surface area contributed by atoms with Gasteiger partial charge in [-0.15, -0.1) is 63.1 Å². The minimum absolute atomic E-state index is 0. The lowest BCUT2D eigenvalue weighted by Gasteiger charge is -2.38. The Morgan fingerprint density at radius 1 is 0.167 bits per heavy atom. The molecule has 5 aromatic rings. The fraction of sp³-hybridized carbons (Fsp3) is 0.727. The fourth-order valence-corrected chi connectivity index (χ4v) is 26.3. The van der Waals surface area contributed by atoms with E-state index in [1.807, 2.05) is 0 Å². The highest BCUT2D eigenvalue weighted by Gasteiger charge is 2.37. The third-order valence-corrected chi connectivity index (χ3v) is 34.8. The van der Waals surface area contributed by atoms with Crippen LogP contribution in [0.4, 0.5) is 23.5 Å². The summed E-state index contributed by atoms with van der Waals surface area (Å²) in [5.41, 5.74) is 7.73. The summed E-state index contributed by atoms with van der Waals surface area (Å²) in [5, 5.41) is 0. The molecule has 10 heteroatoms. The molecule has 10 saturated carbocycles. The van der Waals surface area contributed by atoms with E-state index >= 15 is 0 Å². The molecule has 10 aliphatic carbocycles. The third kappa shape index (κ3) is 35.2. The van der Waals surface area contributed by atoms with Crippen LogP contribution in [0.3, 0.4) is 0 Å². The minimum Gasteiger partial charge on any atom is -0.269 e. The average molecular weight is 1750 g/mol. The molecule has 0 nitrogen and oxygen atoms in total. The highest BCUT2D eigenvalue weighted by atomic mass is 32.1. The molecule has 0 aliphatic heterocycles. The summed E-state index contributed by atoms with van der Waals surface area (Å²) in [4.78, 5) is 5.43. The summed E-state index contributed by atoms with van der Waals surface area (Å²) in [5.74, 6) is 19.7. The van der Waals surface area contributed by atoms with E-state index in [1.54, 1.807) is 27.8 Å². The van der Waals surface area contributed by atoms with Gasteiger partial charge in [0, 0.05) is 24.5 Å². The number of hydrogen-bond acceptors (Lipinski definition) is 5. The van der Waals surface area contributed by atoms with Crippen molar-refractivity contribution in [3.05, 3.63) is 149 Å². The number of thiol groups is 5. The van der Waals surface area contributed by atoms with Crippen LogP contribution in [0.2, 0.25) is 0 Å². The molecule has 0 bridgehead atoms. The van der Waals surface area contributed by atoms with Crippen molar-refractivity contribution in [2.45, 2.75) is 442 Å². The molecule has 10 aliphatic rings. The maximum Gasteiger partial charge on any atom is 0.00401 e. The second kappa shape index (κ2) is 58.9. The van der Waals surface area contributed by atoms with E-state index in [4.69, 9.17) is 0 Å². The van der Waals surface area contributed by atoms with Crippen LogP contribution >= 0.6 is 63.1 Å². The maximum atomic E-state index is 4.41. The van der Waals surface area contributed by atoms with E-state index in [9.17, 15) is 0 Å². The highest BCUT2D eigenvalue weighted by molar-refractivity contribution is 7.81. The zero-order chi connectivity index (χ0) is 80.4. The van der Waals surface area contributed by atoms with Gasteiger partial charge in [-0.2, -0.15) is 0 Å². The molecule has 0 radical (unpaired) electrons. The Kier molecular flexibility index (Phi) is 52.1. The molecular weight excluding hydrogens is 1580 g/mol. The van der Waals surface area contributed by atoms with E-state index < -0.39 is 0 Å². The number of halogens is 5. The highest BCUT2D eigenvalue weighted by Crippen LogP contribution is 2.51. The van der Waals surface area contributed by atoms with Crippen LogP contribution in [-0.4, -0.2) is 0 Å². The summed E-state index contributed by atoms with van der Waals surface area (Å²) < 4.78 is 0. The van der Waals surface area contributed by atoms with Crippen LogP contribution in [-0.2, 0) is 0 Å². The molecule has 120 heavy (non-hydrogen) atoms. The van der Waals surface area contributed by atoms with Crippen molar-refractivity contribution in [3.8, 4) is 0 Å². The Hall–Kier alpha value is -2.50. The lowest BCUT2D eigenvalue weighted by atomic mass is 9.68. The first-order chi connectivity index (χ1) is 56.3. The SMILES string of the molecule is CCCCC1CCC(C2CCC(c3ccc(S)cc3)CC2)CC1.CCCCC1CCC(C2CCC(c3ccc(S)cc3)CC2)CC1.CCCCC1CCC(C2CCC(c3ccc(S)cc3)CC2)CC1.CCCCC1CCC(C2CCC(c3ccc(S)cc3)CC2)CC1.CCCCC1CCC(C2CCC(c3ccc(S)cc3)CC2)CC1.F.F.F.F.F. The van der Waals surface area contributed by atoms with Gasteiger partial charge in [0.05, 0.1) is 0 Å². The summed E-state index contributed by atoms with van der Waals surface area (Å²) >= 11 is 22.0. The molecule has 0 N–H and O–H groups in total. The van der Waals surface area contributed by atoms with Crippen molar-refractivity contribution in [2.24, 2.45) is 88.8 Å². The van der Waals surface area contributed by atoms with Gasteiger partial charge in [0.2, 0.25) is 0 Å². The van der Waals surface area contributed by atoms with Gasteiger partial charge in [0.25, 0.3) is 0 Å². The number of rotatable bonds is 25. The molecule has 0 unspecified atom stereocenters. The molecule has 0 amide bonds. The van der Waals surface area contributed by atoms with Crippen LogP contribution in [0.1, 0.15) is 445 Å². The average Bonchev–Trinajstić information content (AvgIpc) is 0.852. The van der Waals surface area contributed by atoms with Gasteiger partial charge in [-0.1, -0.05) is 256 Å².